The van der Waals surface area contributed by atoms with Gasteiger partial charge in [0, 0.05) is 16.9 Å². The monoisotopic (exact) mass is 471 g/mol. The van der Waals surface area contributed by atoms with E-state index in [0.717, 1.165) is 39.5 Å². The Hall–Kier alpha value is -3.75. The van der Waals surface area contributed by atoms with Gasteiger partial charge in [-0.2, -0.15) is 10.2 Å². The molecule has 2 aliphatic carbocycles. The van der Waals surface area contributed by atoms with Crippen LogP contribution in [0.4, 0.5) is 5.69 Å². The molecule has 4 aromatic rings. The Labute approximate surface area is 203 Å². The quantitative estimate of drug-likeness (QED) is 0.334. The van der Waals surface area contributed by atoms with Crippen LogP contribution >= 0.6 is 0 Å². The molecule has 0 saturated heterocycles. The predicted molar refractivity (Wildman–Crippen MR) is 130 cm³/mol. The number of anilines is 1. The fourth-order valence-corrected chi connectivity index (χ4v) is 5.33. The summed E-state index contributed by atoms with van der Waals surface area (Å²) in [7, 11) is 0. The molecule has 2 fully saturated rings. The Bertz CT molecular complexity index is 1330. The highest BCUT2D eigenvalue weighted by Gasteiger charge is 2.49. The number of rotatable bonds is 8. The molecular formula is C26H29N7O2. The van der Waals surface area contributed by atoms with E-state index in [0.29, 0.717) is 23.5 Å². The Morgan fingerprint density at radius 1 is 1.00 bits per heavy atom. The molecule has 0 aliphatic heterocycles. The molecule has 1 aromatic carbocycles. The van der Waals surface area contributed by atoms with Crippen molar-refractivity contribution in [1.29, 1.82) is 0 Å². The molecule has 180 valence electrons. The van der Waals surface area contributed by atoms with Crippen LogP contribution in [0.15, 0.2) is 35.1 Å². The molecule has 2 saturated carbocycles. The molecule has 2 aliphatic rings. The van der Waals surface area contributed by atoms with Crippen LogP contribution in [-0.4, -0.2) is 36.4 Å². The number of carbonyl (C=O) groups excluding carboxylic acids is 1. The van der Waals surface area contributed by atoms with E-state index in [1.54, 1.807) is 6.26 Å². The molecule has 0 radical (unpaired) electrons. The number of aromatic amines is 2. The maximum atomic E-state index is 13.8. The summed E-state index contributed by atoms with van der Waals surface area (Å²) in [4.78, 5) is 18.5. The minimum absolute atomic E-state index is 0.0398. The number of hydrogen-bond acceptors (Lipinski definition) is 6. The van der Waals surface area contributed by atoms with E-state index >= 15 is 0 Å². The van der Waals surface area contributed by atoms with Crippen molar-refractivity contribution in [2.75, 3.05) is 5.32 Å². The molecule has 1 amide bonds. The second-order valence-electron chi connectivity index (χ2n) is 9.96. The van der Waals surface area contributed by atoms with Gasteiger partial charge in [-0.05, 0) is 81.9 Å². The molecule has 0 bridgehead atoms. The number of carbonyl (C=O) groups is 1. The Morgan fingerprint density at radius 3 is 2.29 bits per heavy atom. The molecule has 3 heterocycles. The summed E-state index contributed by atoms with van der Waals surface area (Å²) in [5, 5.41) is 21.9. The predicted octanol–water partition coefficient (Wildman–Crippen LogP) is 4.93. The summed E-state index contributed by atoms with van der Waals surface area (Å²) in [6.45, 7) is 5.85. The van der Waals surface area contributed by atoms with Crippen LogP contribution in [0.1, 0.15) is 54.5 Å². The maximum absolute atomic E-state index is 13.8. The second-order valence-corrected chi connectivity index (χ2v) is 9.96. The smallest absolute Gasteiger partial charge is 0.235 e. The Morgan fingerprint density at radius 2 is 1.71 bits per heavy atom. The lowest BCUT2D eigenvalue weighted by atomic mass is 9.82. The summed E-state index contributed by atoms with van der Waals surface area (Å²) < 4.78 is 5.06. The van der Waals surface area contributed by atoms with Gasteiger partial charge in [-0.1, -0.05) is 17.3 Å². The number of aryl methyl sites for hydroxylation is 3. The molecular weight excluding hydrogens is 442 g/mol. The van der Waals surface area contributed by atoms with Crippen molar-refractivity contribution in [3.05, 3.63) is 53.4 Å². The normalized spacial score (nSPS) is 16.6. The molecule has 35 heavy (non-hydrogen) atoms. The lowest BCUT2D eigenvalue weighted by Gasteiger charge is -2.24. The third kappa shape index (κ3) is 4.15. The minimum Gasteiger partial charge on any atom is -0.364 e. The van der Waals surface area contributed by atoms with Crippen LogP contribution in [0, 0.1) is 38.5 Å². The first-order valence-corrected chi connectivity index (χ1v) is 12.3. The first-order valence-electron chi connectivity index (χ1n) is 12.3. The van der Waals surface area contributed by atoms with Gasteiger partial charge in [0.2, 0.25) is 5.91 Å². The molecule has 1 unspecified atom stereocenters. The number of benzene rings is 1. The van der Waals surface area contributed by atoms with Gasteiger partial charge in [0.25, 0.3) is 0 Å². The van der Waals surface area contributed by atoms with Crippen LogP contribution in [0.3, 0.4) is 0 Å². The highest BCUT2D eigenvalue weighted by Crippen LogP contribution is 2.54. The minimum atomic E-state index is -0.380. The topological polar surface area (TPSA) is 125 Å². The molecule has 6 rings (SSSR count). The fraction of sp³-hybridized carbons (Fsp3) is 0.423. The Kier molecular flexibility index (Phi) is 5.27. The van der Waals surface area contributed by atoms with E-state index in [1.165, 1.54) is 25.7 Å². The molecule has 1 atom stereocenters. The summed E-state index contributed by atoms with van der Waals surface area (Å²) in [5.74, 6) is 2.11. The fourth-order valence-electron chi connectivity index (χ4n) is 5.33. The largest absolute Gasteiger partial charge is 0.364 e. The van der Waals surface area contributed by atoms with E-state index in [4.69, 9.17) is 9.51 Å². The SMILES string of the molecule is Cc1nocc1-c1n[nH]c(C(C(=O)Nc2ccc(-c3c(C)n[nH]c3C)cc2)C(C2CC2)C2CC2)n1. The average molecular weight is 472 g/mol. The van der Waals surface area contributed by atoms with Crippen LogP contribution in [0.2, 0.25) is 0 Å². The lowest BCUT2D eigenvalue weighted by molar-refractivity contribution is -0.119. The van der Waals surface area contributed by atoms with E-state index in [-0.39, 0.29) is 17.7 Å². The molecule has 0 spiro atoms. The van der Waals surface area contributed by atoms with Gasteiger partial charge in [-0.25, -0.2) is 4.98 Å². The van der Waals surface area contributed by atoms with Gasteiger partial charge in [0.1, 0.15) is 18.0 Å². The van der Waals surface area contributed by atoms with Gasteiger partial charge in [0.15, 0.2) is 5.82 Å². The zero-order chi connectivity index (χ0) is 24.1. The maximum Gasteiger partial charge on any atom is 0.235 e. The third-order valence-corrected chi connectivity index (χ3v) is 7.36. The van der Waals surface area contributed by atoms with Crippen LogP contribution < -0.4 is 5.32 Å². The number of nitrogens with zero attached hydrogens (tertiary/aromatic N) is 4. The van der Waals surface area contributed by atoms with Crippen molar-refractivity contribution in [2.24, 2.45) is 17.8 Å². The van der Waals surface area contributed by atoms with Gasteiger partial charge >= 0.3 is 0 Å². The molecule has 3 N–H and O–H groups in total. The highest BCUT2D eigenvalue weighted by molar-refractivity contribution is 5.96. The zero-order valence-electron chi connectivity index (χ0n) is 20.1. The highest BCUT2D eigenvalue weighted by atomic mass is 16.5. The number of aromatic nitrogens is 6. The summed E-state index contributed by atoms with van der Waals surface area (Å²) in [5.41, 5.74) is 6.38. The number of hydrogen-bond donors (Lipinski definition) is 3. The number of amides is 1. The third-order valence-electron chi connectivity index (χ3n) is 7.36. The zero-order valence-corrected chi connectivity index (χ0v) is 20.1. The van der Waals surface area contributed by atoms with E-state index in [2.05, 4.69) is 30.9 Å². The van der Waals surface area contributed by atoms with Gasteiger partial charge < -0.3 is 9.84 Å². The van der Waals surface area contributed by atoms with Crippen molar-refractivity contribution in [3.63, 3.8) is 0 Å². The van der Waals surface area contributed by atoms with E-state index < -0.39 is 0 Å². The van der Waals surface area contributed by atoms with Crippen molar-refractivity contribution in [3.8, 4) is 22.5 Å². The summed E-state index contributed by atoms with van der Waals surface area (Å²) >= 11 is 0. The van der Waals surface area contributed by atoms with Crippen molar-refractivity contribution >= 4 is 11.6 Å². The van der Waals surface area contributed by atoms with Gasteiger partial charge in [0.05, 0.1) is 17.0 Å². The van der Waals surface area contributed by atoms with Crippen LogP contribution in [0.5, 0.6) is 0 Å². The molecule has 3 aromatic heterocycles. The van der Waals surface area contributed by atoms with Crippen LogP contribution in [0.25, 0.3) is 22.5 Å². The number of H-pyrrole nitrogens is 2. The van der Waals surface area contributed by atoms with E-state index in [9.17, 15) is 4.79 Å². The molecule has 9 nitrogen and oxygen atoms in total. The molecule has 9 heteroatoms. The average Bonchev–Trinajstić information content (AvgIpc) is 3.75. The summed E-state index contributed by atoms with van der Waals surface area (Å²) in [6, 6.07) is 7.95. The van der Waals surface area contributed by atoms with E-state index in [1.807, 2.05) is 45.0 Å². The number of nitrogens with one attached hydrogen (secondary N) is 3. The standard InChI is InChI=1S/C26H29N7O2/c1-13-20(12-35-33-13)24-28-25(32-31-24)23(22(17-4-5-17)18-6-7-18)26(34)27-19-10-8-16(9-11-19)21-14(2)29-30-15(21)3/h8-12,17-18,22-23H,4-7H2,1-3H3,(H,27,34)(H,29,30)(H,28,31,32). The van der Waals surface area contributed by atoms with Gasteiger partial charge in [-0.3, -0.25) is 15.0 Å². The summed E-state index contributed by atoms with van der Waals surface area (Å²) in [6.07, 6.45) is 6.24. The van der Waals surface area contributed by atoms with Crippen molar-refractivity contribution in [1.82, 2.24) is 30.5 Å². The van der Waals surface area contributed by atoms with Crippen molar-refractivity contribution in [2.45, 2.75) is 52.4 Å². The van der Waals surface area contributed by atoms with Crippen LogP contribution in [-0.2, 0) is 4.79 Å². The van der Waals surface area contributed by atoms with Gasteiger partial charge in [-0.15, -0.1) is 0 Å². The van der Waals surface area contributed by atoms with Crippen molar-refractivity contribution < 1.29 is 9.32 Å². The Balaban J connectivity index is 1.28. The first-order chi connectivity index (χ1) is 17.0. The second kappa shape index (κ2) is 8.48. The lowest BCUT2D eigenvalue weighted by Crippen LogP contribution is -2.31. The first kappa shape index (κ1) is 21.8.